The Hall–Kier alpha value is -1.41. The third kappa shape index (κ3) is 6.54. The predicted octanol–water partition coefficient (Wildman–Crippen LogP) is 3.33. The number of likely N-dealkylation sites (N-methyl/N-ethyl adjacent to an activating group) is 1. The molecule has 8 nitrogen and oxygen atoms in total. The molecule has 0 unspecified atom stereocenters. The second kappa shape index (κ2) is 9.16. The zero-order valence-electron chi connectivity index (χ0n) is 18.1. The molecule has 164 valence electrons. The summed E-state index contributed by atoms with van der Waals surface area (Å²) in [4.78, 5) is 5.28. The molecule has 0 bridgehead atoms. The van der Waals surface area contributed by atoms with E-state index in [2.05, 4.69) is 9.88 Å². The van der Waals surface area contributed by atoms with Crippen molar-refractivity contribution in [2.45, 2.75) is 45.3 Å². The molecule has 0 saturated heterocycles. The number of fused-ring (bicyclic) bond motifs is 1. The number of phosphoric acid groups is 1. The number of benzene rings is 1. The lowest BCUT2D eigenvalue weighted by molar-refractivity contribution is -0.0332. The first kappa shape index (κ1) is 23.9. The molecule has 29 heavy (non-hydrogen) atoms. The molecule has 0 saturated carbocycles. The third-order valence-corrected chi connectivity index (χ3v) is 6.12. The number of rotatable bonds is 11. The van der Waals surface area contributed by atoms with Crippen molar-refractivity contribution in [2.24, 2.45) is 0 Å². The maximum Gasteiger partial charge on any atom is 0.531 e. The van der Waals surface area contributed by atoms with Crippen LogP contribution in [0.1, 0.15) is 33.3 Å². The first-order chi connectivity index (χ1) is 13.4. The van der Waals surface area contributed by atoms with E-state index in [1.807, 2.05) is 26.4 Å². The van der Waals surface area contributed by atoms with Crippen LogP contribution >= 0.6 is 7.82 Å². The zero-order chi connectivity index (χ0) is 21.9. The molecular weight excluding hydrogens is 395 g/mol. The highest BCUT2D eigenvalue weighted by Gasteiger charge is 2.42. The molecule has 1 aromatic carbocycles. The molecule has 0 radical (unpaired) electrons. The highest BCUT2D eigenvalue weighted by molar-refractivity contribution is 7.49. The highest BCUT2D eigenvalue weighted by Crippen LogP contribution is 2.56. The molecule has 1 aromatic heterocycles. The standard InChI is InChI=1S/C20H33N2O6P/c1-19(2,13-23)27-29(25,28-20(3,4)14-24)26-17-9-7-8-16-18(17)15(12-21-16)10-11-22(5)6/h7-9,12,21,23-24H,10-11,13-14H2,1-6H3. The van der Waals surface area contributed by atoms with Crippen molar-refractivity contribution in [1.82, 2.24) is 9.88 Å². The summed E-state index contributed by atoms with van der Waals surface area (Å²) in [5.41, 5.74) is -0.480. The van der Waals surface area contributed by atoms with Crippen molar-refractivity contribution in [2.75, 3.05) is 33.9 Å². The molecule has 0 amide bonds. The summed E-state index contributed by atoms with van der Waals surface area (Å²) in [6, 6.07) is 5.39. The van der Waals surface area contributed by atoms with Crippen molar-refractivity contribution >= 4 is 18.7 Å². The lowest BCUT2D eigenvalue weighted by atomic mass is 10.1. The van der Waals surface area contributed by atoms with Gasteiger partial charge in [-0.2, -0.15) is 0 Å². The van der Waals surface area contributed by atoms with Crippen LogP contribution in [0.5, 0.6) is 5.75 Å². The smallest absolute Gasteiger partial charge is 0.403 e. The molecule has 0 atom stereocenters. The van der Waals surface area contributed by atoms with E-state index in [4.69, 9.17) is 13.6 Å². The number of nitrogens with zero attached hydrogens (tertiary/aromatic N) is 1. The second-order valence-corrected chi connectivity index (χ2v) is 10.0. The SMILES string of the molecule is CN(C)CCc1c[nH]c2cccc(OP(=O)(OC(C)(C)CO)OC(C)(C)CO)c12. The van der Waals surface area contributed by atoms with E-state index in [-0.39, 0.29) is 13.2 Å². The van der Waals surface area contributed by atoms with Gasteiger partial charge in [-0.1, -0.05) is 6.07 Å². The first-order valence-corrected chi connectivity index (χ1v) is 11.0. The quantitative estimate of drug-likeness (QED) is 0.472. The van der Waals surface area contributed by atoms with Gasteiger partial charge < -0.3 is 24.6 Å². The Kier molecular flexibility index (Phi) is 7.54. The lowest BCUT2D eigenvalue weighted by Gasteiger charge is -2.32. The van der Waals surface area contributed by atoms with Gasteiger partial charge in [0.15, 0.2) is 0 Å². The van der Waals surface area contributed by atoms with Gasteiger partial charge in [0, 0.05) is 23.6 Å². The van der Waals surface area contributed by atoms with Gasteiger partial charge in [0.05, 0.1) is 24.4 Å². The van der Waals surface area contributed by atoms with Crippen LogP contribution in [0, 0.1) is 0 Å². The van der Waals surface area contributed by atoms with Gasteiger partial charge in [0.1, 0.15) is 5.75 Å². The number of nitrogens with one attached hydrogen (secondary N) is 1. The zero-order valence-corrected chi connectivity index (χ0v) is 19.0. The number of hydrogen-bond donors (Lipinski definition) is 3. The second-order valence-electron chi connectivity index (χ2n) is 8.60. The Labute approximate surface area is 172 Å². The number of hydrogen-bond acceptors (Lipinski definition) is 7. The van der Waals surface area contributed by atoms with Crippen LogP contribution in [-0.4, -0.2) is 65.2 Å². The van der Waals surface area contributed by atoms with Gasteiger partial charge in [0.2, 0.25) is 0 Å². The summed E-state index contributed by atoms with van der Waals surface area (Å²) in [6.45, 7) is 6.39. The Morgan fingerprint density at radius 1 is 1.07 bits per heavy atom. The fourth-order valence-corrected chi connectivity index (χ4v) is 4.51. The average Bonchev–Trinajstić information content (AvgIpc) is 3.03. The normalized spacial score (nSPS) is 13.4. The average molecular weight is 428 g/mol. The Balaban J connectivity index is 2.45. The van der Waals surface area contributed by atoms with Crippen molar-refractivity contribution in [3.8, 4) is 5.75 Å². The summed E-state index contributed by atoms with van der Waals surface area (Å²) in [7, 11) is -0.207. The molecule has 2 rings (SSSR count). The van der Waals surface area contributed by atoms with Gasteiger partial charge in [-0.25, -0.2) is 4.57 Å². The first-order valence-electron chi connectivity index (χ1n) is 9.57. The highest BCUT2D eigenvalue weighted by atomic mass is 31.2. The number of aromatic amines is 1. The maximum absolute atomic E-state index is 13.6. The number of phosphoric ester groups is 1. The van der Waals surface area contributed by atoms with Crippen LogP contribution in [0.2, 0.25) is 0 Å². The number of H-pyrrole nitrogens is 1. The lowest BCUT2D eigenvalue weighted by Crippen LogP contribution is -2.33. The summed E-state index contributed by atoms with van der Waals surface area (Å²) < 4.78 is 30.6. The number of aliphatic hydroxyl groups excluding tert-OH is 2. The molecule has 2 aromatic rings. The number of aromatic nitrogens is 1. The summed E-state index contributed by atoms with van der Waals surface area (Å²) in [5, 5.41) is 19.9. The van der Waals surface area contributed by atoms with Crippen LogP contribution in [0.15, 0.2) is 24.4 Å². The van der Waals surface area contributed by atoms with Gasteiger partial charge in [0.25, 0.3) is 0 Å². The topological polar surface area (TPSA) is 104 Å². The predicted molar refractivity (Wildman–Crippen MR) is 113 cm³/mol. The van der Waals surface area contributed by atoms with E-state index in [9.17, 15) is 14.8 Å². The van der Waals surface area contributed by atoms with Crippen molar-refractivity contribution in [3.63, 3.8) is 0 Å². The maximum atomic E-state index is 13.6. The molecule has 0 aliphatic heterocycles. The van der Waals surface area contributed by atoms with Crippen LogP contribution in [0.3, 0.4) is 0 Å². The number of aliphatic hydroxyl groups is 2. The van der Waals surface area contributed by atoms with Crippen molar-refractivity contribution in [1.29, 1.82) is 0 Å². The molecule has 0 fully saturated rings. The van der Waals surface area contributed by atoms with Gasteiger partial charge in [-0.3, -0.25) is 9.05 Å². The summed E-state index contributed by atoms with van der Waals surface area (Å²) >= 11 is 0. The van der Waals surface area contributed by atoms with Gasteiger partial charge >= 0.3 is 7.82 Å². The van der Waals surface area contributed by atoms with E-state index in [1.54, 1.807) is 39.8 Å². The van der Waals surface area contributed by atoms with Crippen LogP contribution in [0.25, 0.3) is 10.9 Å². The third-order valence-electron chi connectivity index (χ3n) is 4.27. The monoisotopic (exact) mass is 428 g/mol. The van der Waals surface area contributed by atoms with Crippen LogP contribution in [-0.2, 0) is 20.0 Å². The molecule has 0 spiro atoms. The molecule has 1 heterocycles. The van der Waals surface area contributed by atoms with E-state index in [0.717, 1.165) is 29.4 Å². The largest absolute Gasteiger partial charge is 0.531 e. The fourth-order valence-electron chi connectivity index (χ4n) is 2.68. The molecule has 0 aliphatic carbocycles. The molecule has 3 N–H and O–H groups in total. The molecular formula is C20H33N2O6P. The summed E-state index contributed by atoms with van der Waals surface area (Å²) in [6.07, 6.45) is 2.67. The van der Waals surface area contributed by atoms with Gasteiger partial charge in [-0.15, -0.1) is 0 Å². The van der Waals surface area contributed by atoms with Crippen LogP contribution < -0.4 is 4.52 Å². The van der Waals surface area contributed by atoms with E-state index in [1.165, 1.54) is 0 Å². The van der Waals surface area contributed by atoms with Crippen molar-refractivity contribution < 1.29 is 28.3 Å². The minimum atomic E-state index is -4.20. The molecule has 0 aliphatic rings. The van der Waals surface area contributed by atoms with Gasteiger partial charge in [-0.05, 0) is 65.9 Å². The minimum absolute atomic E-state index is 0.350. The van der Waals surface area contributed by atoms with Crippen molar-refractivity contribution in [3.05, 3.63) is 30.0 Å². The molecule has 9 heteroatoms. The summed E-state index contributed by atoms with van der Waals surface area (Å²) in [5.74, 6) is 0.350. The Bertz CT molecular complexity index is 840. The minimum Gasteiger partial charge on any atom is -0.403 e. The fraction of sp³-hybridized carbons (Fsp3) is 0.600. The van der Waals surface area contributed by atoms with Crippen LogP contribution in [0.4, 0.5) is 0 Å². The van der Waals surface area contributed by atoms with E-state index >= 15 is 0 Å². The Morgan fingerprint density at radius 3 is 2.17 bits per heavy atom. The van der Waals surface area contributed by atoms with E-state index in [0.29, 0.717) is 5.75 Å². The van der Waals surface area contributed by atoms with E-state index < -0.39 is 19.0 Å². The Morgan fingerprint density at radius 2 is 1.66 bits per heavy atom.